The highest BCUT2D eigenvalue weighted by Gasteiger charge is 2.57. The molecule has 0 radical (unpaired) electrons. The van der Waals surface area contributed by atoms with Gasteiger partial charge < -0.3 is 17.4 Å². The molecule has 0 heterocycles. The molecule has 0 aromatic heterocycles. The van der Waals surface area contributed by atoms with Crippen LogP contribution in [0.5, 0.6) is 0 Å². The van der Waals surface area contributed by atoms with E-state index in [9.17, 15) is 0 Å². The van der Waals surface area contributed by atoms with E-state index in [1.807, 2.05) is 0 Å². The van der Waals surface area contributed by atoms with Crippen molar-refractivity contribution >= 4 is 42.3 Å². The highest BCUT2D eigenvalue weighted by molar-refractivity contribution is 6.86. The van der Waals surface area contributed by atoms with E-state index in [4.69, 9.17) is 17.4 Å². The number of rotatable bonds is 16. The lowest BCUT2D eigenvalue weighted by molar-refractivity contribution is -0.00892. The third kappa shape index (κ3) is 8.46. The summed E-state index contributed by atoms with van der Waals surface area (Å²) in [6.45, 7) is 44.3. The number of hydrogen-bond donors (Lipinski definition) is 0. The van der Waals surface area contributed by atoms with Gasteiger partial charge in [-0.15, -0.1) is 0 Å². The Kier molecular flexibility index (Phi) is 12.5. The van der Waals surface area contributed by atoms with Gasteiger partial charge in [0.1, 0.15) is 0 Å². The molecule has 5 atom stereocenters. The molecule has 4 nitrogen and oxygen atoms in total. The van der Waals surface area contributed by atoms with Gasteiger partial charge in [-0.1, -0.05) is 34.6 Å². The lowest BCUT2D eigenvalue weighted by Crippen LogP contribution is -2.66. The van der Waals surface area contributed by atoms with Crippen molar-refractivity contribution in [3.63, 3.8) is 0 Å². The Labute approximate surface area is 233 Å². The Bertz CT molecular complexity index is 705. The smallest absolute Gasteiger partial charge is 0.217 e. The maximum Gasteiger partial charge on any atom is 0.217 e. The molecule has 5 unspecified atom stereocenters. The van der Waals surface area contributed by atoms with Crippen LogP contribution >= 0.6 is 0 Å². The van der Waals surface area contributed by atoms with Crippen LogP contribution in [0.15, 0.2) is 0 Å². The fourth-order valence-corrected chi connectivity index (χ4v) is 24.2. The second kappa shape index (κ2) is 12.2. The van der Waals surface area contributed by atoms with Crippen LogP contribution in [0, 0.1) is 0 Å². The summed E-state index contributed by atoms with van der Waals surface area (Å²) in [7, 11) is -9.51. The first kappa shape index (κ1) is 36.9. The zero-order valence-corrected chi connectivity index (χ0v) is 33.2. The third-order valence-corrected chi connectivity index (χ3v) is 26.1. The first-order chi connectivity index (χ1) is 15.7. The molecule has 0 aliphatic rings. The van der Waals surface area contributed by atoms with Crippen LogP contribution in [0.1, 0.15) is 81.1 Å². The molecule has 0 saturated carbocycles. The van der Waals surface area contributed by atoms with Crippen molar-refractivity contribution in [1.82, 2.24) is 0 Å². The van der Waals surface area contributed by atoms with Gasteiger partial charge in [0.05, 0.1) is 16.0 Å². The summed E-state index contributed by atoms with van der Waals surface area (Å²) in [5.41, 5.74) is -0.275. The van der Waals surface area contributed by atoms with E-state index >= 15 is 0 Å². The minimum absolute atomic E-state index is 0.0279. The lowest BCUT2D eigenvalue weighted by atomic mass is 9.85. The molecule has 0 aliphatic heterocycles. The van der Waals surface area contributed by atoms with Crippen molar-refractivity contribution in [1.29, 1.82) is 0 Å². The van der Waals surface area contributed by atoms with Gasteiger partial charge in [0.25, 0.3) is 0 Å². The quantitative estimate of drug-likeness (QED) is 0.167. The molecule has 0 aromatic carbocycles. The normalized spacial score (nSPS) is 21.8. The lowest BCUT2D eigenvalue weighted by Gasteiger charge is -2.57. The van der Waals surface area contributed by atoms with Crippen molar-refractivity contribution in [3.05, 3.63) is 0 Å². The largest absolute Gasteiger partial charge is 0.454 e. The van der Waals surface area contributed by atoms with Crippen LogP contribution < -0.4 is 0 Å². The van der Waals surface area contributed by atoms with Crippen molar-refractivity contribution in [2.45, 2.75) is 174 Å². The third-order valence-electron chi connectivity index (χ3n) is 9.42. The van der Waals surface area contributed by atoms with Crippen LogP contribution in [-0.2, 0) is 17.4 Å². The molecule has 0 aromatic rings. The molecule has 0 aliphatic carbocycles. The van der Waals surface area contributed by atoms with Gasteiger partial charge in [0.15, 0.2) is 25.7 Å². The van der Waals surface area contributed by atoms with Gasteiger partial charge in [-0.2, -0.15) is 0 Å². The van der Waals surface area contributed by atoms with E-state index in [0.29, 0.717) is 0 Å². The highest BCUT2D eigenvalue weighted by atomic mass is 28.4. The van der Waals surface area contributed by atoms with Gasteiger partial charge >= 0.3 is 0 Å². The van der Waals surface area contributed by atoms with Gasteiger partial charge in [-0.3, -0.25) is 0 Å². The summed E-state index contributed by atoms with van der Waals surface area (Å²) in [6, 6.07) is 0. The summed E-state index contributed by atoms with van der Waals surface area (Å²) in [5, 5.41) is -0.456. The Morgan fingerprint density at radius 3 is 1.31 bits per heavy atom. The van der Waals surface area contributed by atoms with Crippen LogP contribution in [0.4, 0.5) is 0 Å². The minimum atomic E-state index is -2.26. The highest BCUT2D eigenvalue weighted by Crippen LogP contribution is 2.53. The second-order valence-electron chi connectivity index (χ2n) is 14.8. The van der Waals surface area contributed by atoms with E-state index < -0.39 is 42.3 Å². The monoisotopic (exact) mass is 594 g/mol. The SMILES string of the molecule is CCC(C)(O[Si](C)(C)C(C)(CC)O[Si](C)(C)C)C(C)(CC)[SiH](C)OC(C)(CC)[Si](C)(C)O[Si](C)(C)C. The molecule has 0 N–H and O–H groups in total. The van der Waals surface area contributed by atoms with Gasteiger partial charge in [0.2, 0.25) is 16.6 Å². The van der Waals surface area contributed by atoms with Crippen molar-refractivity contribution in [3.8, 4) is 0 Å². The molecule has 0 spiro atoms. The van der Waals surface area contributed by atoms with Gasteiger partial charge in [0, 0.05) is 5.04 Å². The first-order valence-corrected chi connectivity index (χ1v) is 29.4. The van der Waals surface area contributed by atoms with E-state index in [-0.39, 0.29) is 21.1 Å². The van der Waals surface area contributed by atoms with Crippen molar-refractivity contribution in [2.24, 2.45) is 0 Å². The van der Waals surface area contributed by atoms with E-state index in [0.717, 1.165) is 25.7 Å². The first-order valence-electron chi connectivity index (χ1n) is 14.5. The Balaban J connectivity index is 6.41. The average Bonchev–Trinajstić information content (AvgIpc) is 2.68. The van der Waals surface area contributed by atoms with Crippen LogP contribution in [-0.4, -0.2) is 58.4 Å². The molecule has 0 saturated heterocycles. The molecular weight excluding hydrogens is 529 g/mol. The molecular formula is C27H66O4Si5. The minimum Gasteiger partial charge on any atom is -0.454 e. The summed E-state index contributed by atoms with van der Waals surface area (Å²) >= 11 is 0. The van der Waals surface area contributed by atoms with Crippen LogP contribution in [0.25, 0.3) is 0 Å². The predicted octanol–water partition coefficient (Wildman–Crippen LogP) is 9.24. The maximum absolute atomic E-state index is 7.45. The van der Waals surface area contributed by atoms with E-state index in [2.05, 4.69) is 127 Å². The fourth-order valence-electron chi connectivity index (χ4n) is 5.70. The average molecular weight is 595 g/mol. The molecule has 9 heteroatoms. The molecule has 36 heavy (non-hydrogen) atoms. The predicted molar refractivity (Wildman–Crippen MR) is 174 cm³/mol. The molecule has 0 amide bonds. The van der Waals surface area contributed by atoms with Crippen LogP contribution in [0.3, 0.4) is 0 Å². The van der Waals surface area contributed by atoms with E-state index in [1.54, 1.807) is 0 Å². The number of hydrogen-bond acceptors (Lipinski definition) is 4. The van der Waals surface area contributed by atoms with Crippen molar-refractivity contribution < 1.29 is 17.4 Å². The summed E-state index contributed by atoms with van der Waals surface area (Å²) in [6.07, 6.45) is 3.97. The Hall–Kier alpha value is 0.924. The van der Waals surface area contributed by atoms with Gasteiger partial charge in [-0.25, -0.2) is 0 Å². The molecule has 0 bridgehead atoms. The van der Waals surface area contributed by atoms with E-state index in [1.165, 1.54) is 0 Å². The topological polar surface area (TPSA) is 36.9 Å². The fraction of sp³-hybridized carbons (Fsp3) is 1.00. The Morgan fingerprint density at radius 2 is 1.00 bits per heavy atom. The summed E-state index contributed by atoms with van der Waals surface area (Å²) in [5.74, 6) is 0. The maximum atomic E-state index is 7.45. The van der Waals surface area contributed by atoms with Crippen LogP contribution in [0.2, 0.25) is 77.1 Å². The zero-order chi connectivity index (χ0) is 29.2. The summed E-state index contributed by atoms with van der Waals surface area (Å²) in [4.78, 5) is 0. The molecule has 218 valence electrons. The van der Waals surface area contributed by atoms with Crippen molar-refractivity contribution in [2.75, 3.05) is 0 Å². The summed E-state index contributed by atoms with van der Waals surface area (Å²) < 4.78 is 28.5. The molecule has 0 fully saturated rings. The zero-order valence-electron chi connectivity index (χ0n) is 28.0. The Morgan fingerprint density at radius 1 is 0.556 bits per heavy atom. The molecule has 0 rings (SSSR count). The van der Waals surface area contributed by atoms with Gasteiger partial charge in [-0.05, 0) is 118 Å². The second-order valence-corrected chi connectivity index (χ2v) is 35.5. The standard InChI is InChI=1S/C27H66O4Si5/c1-20-24(5,29-35(16,17)27(8,23-4)30-33(10,11)12)25(6,21-2)32(9)28-26(7,22-3)36(18,19)31-34(13,14)15/h32H,20-23H2,1-19H3.